The molecule has 0 radical (unpaired) electrons. The number of rotatable bonds is 3. The van der Waals surface area contributed by atoms with Gasteiger partial charge in [-0.25, -0.2) is 4.98 Å². The van der Waals surface area contributed by atoms with E-state index in [-0.39, 0.29) is 0 Å². The molecule has 0 atom stereocenters. The number of pyridine rings is 1. The fourth-order valence-electron chi connectivity index (χ4n) is 1.65. The summed E-state index contributed by atoms with van der Waals surface area (Å²) in [6, 6.07) is 7.63. The quantitative estimate of drug-likeness (QED) is 0.935. The predicted molar refractivity (Wildman–Crippen MR) is 77.2 cm³/mol. The molecule has 0 fully saturated rings. The molecule has 5 heteroatoms. The number of benzene rings is 1. The fourth-order valence-corrected chi connectivity index (χ4v) is 2.22. The van der Waals surface area contributed by atoms with Crippen LogP contribution in [0, 0.1) is 0 Å². The lowest BCUT2D eigenvalue weighted by Crippen LogP contribution is -1.99. The molecular weight excluding hydrogens is 316 g/mol. The molecule has 0 saturated heterocycles. The van der Waals surface area contributed by atoms with Crippen LogP contribution in [0.1, 0.15) is 11.1 Å². The van der Waals surface area contributed by atoms with E-state index in [0.717, 1.165) is 21.3 Å². The molecule has 1 aromatic carbocycles. The SMILES string of the molecule is COc1ccc(Br)c(Cc2cc(Cl)cnc2N)c1. The van der Waals surface area contributed by atoms with Gasteiger partial charge in [0.25, 0.3) is 0 Å². The zero-order valence-corrected chi connectivity index (χ0v) is 12.1. The second kappa shape index (κ2) is 5.59. The number of methoxy groups -OCH3 is 1. The third-order valence-corrected chi connectivity index (χ3v) is 3.58. The van der Waals surface area contributed by atoms with Gasteiger partial charge in [-0.1, -0.05) is 27.5 Å². The average Bonchev–Trinajstić information content (AvgIpc) is 2.36. The van der Waals surface area contributed by atoms with E-state index < -0.39 is 0 Å². The summed E-state index contributed by atoms with van der Waals surface area (Å²) in [6.45, 7) is 0. The maximum absolute atomic E-state index is 5.93. The zero-order valence-electron chi connectivity index (χ0n) is 9.78. The minimum absolute atomic E-state index is 0.495. The normalized spacial score (nSPS) is 10.4. The van der Waals surface area contributed by atoms with Crippen molar-refractivity contribution in [1.82, 2.24) is 4.98 Å². The van der Waals surface area contributed by atoms with Crippen LogP contribution in [0.25, 0.3) is 0 Å². The van der Waals surface area contributed by atoms with Crippen LogP contribution in [0.2, 0.25) is 5.02 Å². The molecule has 2 aromatic rings. The minimum atomic E-state index is 0.495. The van der Waals surface area contributed by atoms with E-state index in [9.17, 15) is 0 Å². The summed E-state index contributed by atoms with van der Waals surface area (Å²) >= 11 is 9.44. The van der Waals surface area contributed by atoms with Crippen LogP contribution in [-0.4, -0.2) is 12.1 Å². The van der Waals surface area contributed by atoms with Crippen LogP contribution in [-0.2, 0) is 6.42 Å². The summed E-state index contributed by atoms with van der Waals surface area (Å²) < 4.78 is 6.21. The predicted octanol–water partition coefficient (Wildman–Crippen LogP) is 3.68. The van der Waals surface area contributed by atoms with Crippen molar-refractivity contribution < 1.29 is 4.74 Å². The molecule has 0 saturated carbocycles. The van der Waals surface area contributed by atoms with E-state index in [1.165, 1.54) is 0 Å². The van der Waals surface area contributed by atoms with Crippen molar-refractivity contribution in [1.29, 1.82) is 0 Å². The lowest BCUT2D eigenvalue weighted by Gasteiger charge is -2.09. The van der Waals surface area contributed by atoms with E-state index in [2.05, 4.69) is 20.9 Å². The Morgan fingerprint density at radius 3 is 2.83 bits per heavy atom. The highest BCUT2D eigenvalue weighted by molar-refractivity contribution is 9.10. The Kier molecular flexibility index (Phi) is 4.09. The molecule has 1 heterocycles. The summed E-state index contributed by atoms with van der Waals surface area (Å²) in [4.78, 5) is 4.05. The molecule has 0 aliphatic heterocycles. The number of ether oxygens (including phenoxy) is 1. The van der Waals surface area contributed by atoms with Crippen molar-refractivity contribution in [3.8, 4) is 5.75 Å². The second-order valence-electron chi connectivity index (χ2n) is 3.83. The average molecular weight is 328 g/mol. The number of nitrogen functional groups attached to an aromatic ring is 1. The van der Waals surface area contributed by atoms with Gasteiger partial charge in [0.2, 0.25) is 0 Å². The monoisotopic (exact) mass is 326 g/mol. The molecule has 0 unspecified atom stereocenters. The van der Waals surface area contributed by atoms with Gasteiger partial charge >= 0.3 is 0 Å². The smallest absolute Gasteiger partial charge is 0.126 e. The standard InChI is InChI=1S/C13H12BrClN2O/c1-18-11-2-3-12(14)8(6-11)4-9-5-10(15)7-17-13(9)16/h2-3,5-7H,4H2,1H3,(H2,16,17). The Morgan fingerprint density at radius 2 is 2.11 bits per heavy atom. The van der Waals surface area contributed by atoms with E-state index in [1.807, 2.05) is 24.3 Å². The molecule has 0 amide bonds. The summed E-state index contributed by atoms with van der Waals surface area (Å²) in [6.07, 6.45) is 2.19. The summed E-state index contributed by atoms with van der Waals surface area (Å²) in [7, 11) is 1.64. The first-order valence-corrected chi connectivity index (χ1v) is 6.49. The molecule has 1 aromatic heterocycles. The number of nitrogens with two attached hydrogens (primary N) is 1. The fraction of sp³-hybridized carbons (Fsp3) is 0.154. The maximum atomic E-state index is 5.93. The third-order valence-electron chi connectivity index (χ3n) is 2.60. The van der Waals surface area contributed by atoms with Crippen LogP contribution >= 0.6 is 27.5 Å². The van der Waals surface area contributed by atoms with Gasteiger partial charge in [0.15, 0.2) is 0 Å². The molecule has 2 rings (SSSR count). The number of nitrogens with zero attached hydrogens (tertiary/aromatic N) is 1. The maximum Gasteiger partial charge on any atom is 0.126 e. The Bertz CT molecular complexity index is 575. The van der Waals surface area contributed by atoms with Gasteiger partial charge in [0.1, 0.15) is 11.6 Å². The Morgan fingerprint density at radius 1 is 1.33 bits per heavy atom. The summed E-state index contributed by atoms with van der Waals surface area (Å²) in [5.74, 6) is 1.30. The van der Waals surface area contributed by atoms with Gasteiger partial charge in [-0.2, -0.15) is 0 Å². The highest BCUT2D eigenvalue weighted by atomic mass is 79.9. The van der Waals surface area contributed by atoms with Gasteiger partial charge in [-0.15, -0.1) is 0 Å². The molecule has 18 heavy (non-hydrogen) atoms. The van der Waals surface area contributed by atoms with Crippen LogP contribution in [0.5, 0.6) is 5.75 Å². The van der Waals surface area contributed by atoms with Crippen LogP contribution in [0.3, 0.4) is 0 Å². The molecule has 0 spiro atoms. The number of hydrogen-bond acceptors (Lipinski definition) is 3. The third kappa shape index (κ3) is 2.94. The van der Waals surface area contributed by atoms with Gasteiger partial charge in [-0.05, 0) is 29.8 Å². The topological polar surface area (TPSA) is 48.1 Å². The molecular formula is C13H12BrClN2O. The summed E-state index contributed by atoms with van der Waals surface area (Å²) in [5, 5.41) is 0.582. The van der Waals surface area contributed by atoms with E-state index >= 15 is 0 Å². The van der Waals surface area contributed by atoms with E-state index in [4.69, 9.17) is 22.1 Å². The molecule has 3 nitrogen and oxygen atoms in total. The second-order valence-corrected chi connectivity index (χ2v) is 5.12. The molecule has 0 aliphatic carbocycles. The van der Waals surface area contributed by atoms with Crippen molar-refractivity contribution in [3.05, 3.63) is 51.1 Å². The van der Waals surface area contributed by atoms with E-state index in [0.29, 0.717) is 17.3 Å². The lowest BCUT2D eigenvalue weighted by molar-refractivity contribution is 0.414. The van der Waals surface area contributed by atoms with Gasteiger partial charge < -0.3 is 10.5 Å². The van der Waals surface area contributed by atoms with Crippen molar-refractivity contribution in [2.45, 2.75) is 6.42 Å². The zero-order chi connectivity index (χ0) is 13.1. The molecule has 94 valence electrons. The molecule has 2 N–H and O–H groups in total. The highest BCUT2D eigenvalue weighted by Crippen LogP contribution is 2.27. The summed E-state index contributed by atoms with van der Waals surface area (Å²) in [5.41, 5.74) is 7.82. The van der Waals surface area contributed by atoms with Gasteiger partial charge in [0, 0.05) is 22.7 Å². The molecule has 0 aliphatic rings. The number of hydrogen-bond donors (Lipinski definition) is 1. The lowest BCUT2D eigenvalue weighted by atomic mass is 10.1. The Hall–Kier alpha value is -1.26. The van der Waals surface area contributed by atoms with Gasteiger partial charge in [0.05, 0.1) is 12.1 Å². The first-order valence-electron chi connectivity index (χ1n) is 5.32. The highest BCUT2D eigenvalue weighted by Gasteiger charge is 2.07. The number of aromatic nitrogens is 1. The van der Waals surface area contributed by atoms with Crippen LogP contribution in [0.4, 0.5) is 5.82 Å². The minimum Gasteiger partial charge on any atom is -0.497 e. The van der Waals surface area contributed by atoms with Crippen LogP contribution < -0.4 is 10.5 Å². The van der Waals surface area contributed by atoms with Crippen molar-refractivity contribution in [2.75, 3.05) is 12.8 Å². The van der Waals surface area contributed by atoms with Crippen molar-refractivity contribution in [3.63, 3.8) is 0 Å². The van der Waals surface area contributed by atoms with E-state index in [1.54, 1.807) is 13.3 Å². The first kappa shape index (κ1) is 13.2. The van der Waals surface area contributed by atoms with Crippen molar-refractivity contribution >= 4 is 33.3 Å². The Labute approximate surface area is 119 Å². The number of halogens is 2. The van der Waals surface area contributed by atoms with Crippen LogP contribution in [0.15, 0.2) is 34.9 Å². The largest absolute Gasteiger partial charge is 0.497 e. The van der Waals surface area contributed by atoms with Gasteiger partial charge in [-0.3, -0.25) is 0 Å². The van der Waals surface area contributed by atoms with Crippen molar-refractivity contribution in [2.24, 2.45) is 0 Å². The number of anilines is 1. The molecule has 0 bridgehead atoms. The Balaban J connectivity index is 2.36. The first-order chi connectivity index (χ1) is 8.60.